The molecule has 0 saturated heterocycles. The van der Waals surface area contributed by atoms with Gasteiger partial charge in [0.2, 0.25) is 0 Å². The van der Waals surface area contributed by atoms with Gasteiger partial charge in [0, 0.05) is 28.5 Å². The minimum Gasteiger partial charge on any atom is -0.501 e. The van der Waals surface area contributed by atoms with Crippen LogP contribution in [0.5, 0.6) is 0 Å². The fourth-order valence-electron chi connectivity index (χ4n) is 2.42. The first-order valence-corrected chi connectivity index (χ1v) is 7.30. The molecule has 5 heteroatoms. The molecule has 3 rings (SSSR count). The summed E-state index contributed by atoms with van der Waals surface area (Å²) in [4.78, 5) is 5.90. The fraction of sp³-hybridized carbons (Fsp3) is 0.429. The third-order valence-corrected chi connectivity index (χ3v) is 4.81. The average molecular weight is 277 g/mol. The fourth-order valence-corrected chi connectivity index (χ4v) is 3.47. The molecule has 1 aromatic rings. The smallest absolute Gasteiger partial charge is 0.317 e. The topological polar surface area (TPSA) is 44.8 Å². The van der Waals surface area contributed by atoms with Gasteiger partial charge in [0.05, 0.1) is 25.0 Å². The molecule has 2 heterocycles. The van der Waals surface area contributed by atoms with Gasteiger partial charge in [-0.3, -0.25) is 10.2 Å². The van der Waals surface area contributed by atoms with E-state index in [1.165, 1.54) is 9.62 Å². The lowest BCUT2D eigenvalue weighted by Gasteiger charge is -2.11. The van der Waals surface area contributed by atoms with Crippen LogP contribution in [0.15, 0.2) is 22.9 Å². The second kappa shape index (κ2) is 4.81. The summed E-state index contributed by atoms with van der Waals surface area (Å²) in [7, 11) is 1.68. The molecule has 1 aliphatic heterocycles. The van der Waals surface area contributed by atoms with Crippen LogP contribution in [0.25, 0.3) is 0 Å². The first-order valence-electron chi connectivity index (χ1n) is 6.48. The Kier molecular flexibility index (Phi) is 3.14. The Labute approximate surface area is 116 Å². The van der Waals surface area contributed by atoms with Gasteiger partial charge >= 0.3 is 5.00 Å². The molecular formula is C14H17N2O2S+. The summed E-state index contributed by atoms with van der Waals surface area (Å²) in [5, 5.41) is 11.4. The summed E-state index contributed by atoms with van der Waals surface area (Å²) < 4.78 is 6.61. The van der Waals surface area contributed by atoms with E-state index in [2.05, 4.69) is 18.0 Å². The number of ether oxygens (including phenoxy) is 1. The van der Waals surface area contributed by atoms with Crippen LogP contribution >= 0.6 is 11.3 Å². The lowest BCUT2D eigenvalue weighted by molar-refractivity contribution is -0.710. The third kappa shape index (κ3) is 2.08. The van der Waals surface area contributed by atoms with Crippen LogP contribution in [0, 0.1) is 0 Å². The largest absolute Gasteiger partial charge is 0.501 e. The van der Waals surface area contributed by atoms with E-state index in [9.17, 15) is 5.21 Å². The van der Waals surface area contributed by atoms with Crippen molar-refractivity contribution in [2.75, 3.05) is 7.11 Å². The van der Waals surface area contributed by atoms with Crippen LogP contribution in [0.2, 0.25) is 0 Å². The van der Waals surface area contributed by atoms with Crippen molar-refractivity contribution < 1.29 is 14.7 Å². The molecule has 0 bridgehead atoms. The van der Waals surface area contributed by atoms with Crippen LogP contribution in [0.1, 0.15) is 30.2 Å². The molecule has 0 aromatic carbocycles. The van der Waals surface area contributed by atoms with Crippen molar-refractivity contribution in [1.82, 2.24) is 0 Å². The number of aliphatic imine (C=N–C) groups is 1. The van der Waals surface area contributed by atoms with Gasteiger partial charge in [-0.2, -0.15) is 0 Å². The molecule has 1 N–H and O–H groups in total. The zero-order chi connectivity index (χ0) is 13.4. The number of nitrogens with zero attached hydrogens (tertiary/aromatic N) is 2. The highest BCUT2D eigenvalue weighted by molar-refractivity contribution is 7.15. The number of hydrogen-bond acceptors (Lipinski definition) is 4. The molecule has 19 heavy (non-hydrogen) atoms. The first-order chi connectivity index (χ1) is 9.22. The van der Waals surface area contributed by atoms with Gasteiger partial charge in [-0.05, 0) is 12.5 Å². The van der Waals surface area contributed by atoms with Crippen molar-refractivity contribution in [1.29, 1.82) is 0 Å². The highest BCUT2D eigenvalue weighted by Crippen LogP contribution is 2.33. The second-order valence-electron chi connectivity index (χ2n) is 4.67. The van der Waals surface area contributed by atoms with E-state index in [4.69, 9.17) is 4.74 Å². The summed E-state index contributed by atoms with van der Waals surface area (Å²) in [5.41, 5.74) is 2.82. The maximum Gasteiger partial charge on any atom is 0.317 e. The lowest BCUT2D eigenvalue weighted by Crippen LogP contribution is -2.25. The summed E-state index contributed by atoms with van der Waals surface area (Å²) in [6.07, 6.45) is 4.49. The number of rotatable bonds is 2. The molecule has 0 fully saturated rings. The minimum absolute atomic E-state index is 0.620. The maximum absolute atomic E-state index is 10.5. The van der Waals surface area contributed by atoms with Crippen molar-refractivity contribution in [2.24, 2.45) is 4.99 Å². The molecule has 0 atom stereocenters. The summed E-state index contributed by atoms with van der Waals surface area (Å²) in [6.45, 7) is 2.75. The molecule has 4 nitrogen and oxygen atoms in total. The van der Waals surface area contributed by atoms with Gasteiger partial charge in [0.25, 0.3) is 5.71 Å². The van der Waals surface area contributed by atoms with E-state index in [-0.39, 0.29) is 0 Å². The number of thiophene rings is 1. The highest BCUT2D eigenvalue weighted by atomic mass is 32.1. The van der Waals surface area contributed by atoms with Gasteiger partial charge in [-0.15, -0.1) is 0 Å². The van der Waals surface area contributed by atoms with Crippen molar-refractivity contribution in [2.45, 2.75) is 32.7 Å². The Morgan fingerprint density at radius 1 is 1.47 bits per heavy atom. The predicted molar refractivity (Wildman–Crippen MR) is 75.9 cm³/mol. The molecule has 1 aliphatic carbocycles. The zero-order valence-electron chi connectivity index (χ0n) is 11.1. The van der Waals surface area contributed by atoms with Crippen LogP contribution in [-0.2, 0) is 17.7 Å². The minimum atomic E-state index is 0.620. The monoisotopic (exact) mass is 277 g/mol. The van der Waals surface area contributed by atoms with Gasteiger partial charge in [0.1, 0.15) is 5.71 Å². The summed E-state index contributed by atoms with van der Waals surface area (Å²) in [5.74, 6) is 0.926. The molecular weight excluding hydrogens is 260 g/mol. The van der Waals surface area contributed by atoms with Gasteiger partial charge < -0.3 is 4.74 Å². The molecule has 100 valence electrons. The average Bonchev–Trinajstić information content (AvgIpc) is 2.82. The van der Waals surface area contributed by atoms with Gasteiger partial charge in [0.15, 0.2) is 0 Å². The number of allylic oxidation sites excluding steroid dienone is 2. The molecule has 2 aliphatic rings. The van der Waals surface area contributed by atoms with E-state index < -0.39 is 0 Å². The second-order valence-corrected chi connectivity index (χ2v) is 5.79. The normalized spacial score (nSPS) is 18.2. The van der Waals surface area contributed by atoms with Crippen molar-refractivity contribution in [3.63, 3.8) is 0 Å². The highest BCUT2D eigenvalue weighted by Gasteiger charge is 2.32. The third-order valence-electron chi connectivity index (χ3n) is 3.52. The first kappa shape index (κ1) is 12.4. The molecule has 0 radical (unpaired) electrons. The number of fused-ring (bicyclic) bond motifs is 2. The molecule has 0 amide bonds. The summed E-state index contributed by atoms with van der Waals surface area (Å²) in [6, 6.07) is 2.14. The maximum atomic E-state index is 10.5. The Balaban J connectivity index is 2.09. The van der Waals surface area contributed by atoms with Crippen LogP contribution in [0.4, 0.5) is 5.00 Å². The summed E-state index contributed by atoms with van der Waals surface area (Å²) >= 11 is 1.65. The zero-order valence-corrected chi connectivity index (χ0v) is 12.0. The Bertz CT molecular complexity index is 611. The van der Waals surface area contributed by atoms with Crippen molar-refractivity contribution in [3.05, 3.63) is 28.3 Å². The number of aryl methyl sites for hydroxylation is 1. The van der Waals surface area contributed by atoms with Gasteiger partial charge in [-0.25, -0.2) is 0 Å². The standard InChI is InChI=1S/C14H17N2O2S/c1-3-11-6-9-8-15-12-7-10(18-2)4-5-13(12)16(17)14(9)19-11/h6-7,17H,3-5,8H2,1-2H3/q+1. The van der Waals surface area contributed by atoms with E-state index in [1.807, 2.05) is 6.08 Å². The van der Waals surface area contributed by atoms with E-state index in [0.717, 1.165) is 47.0 Å². The van der Waals surface area contributed by atoms with Crippen molar-refractivity contribution >= 4 is 27.8 Å². The quantitative estimate of drug-likeness (QED) is 0.667. The van der Waals surface area contributed by atoms with Gasteiger partial charge in [-0.1, -0.05) is 18.3 Å². The molecule has 0 saturated carbocycles. The van der Waals surface area contributed by atoms with Crippen LogP contribution < -0.4 is 0 Å². The number of methoxy groups -OCH3 is 1. The predicted octanol–water partition coefficient (Wildman–Crippen LogP) is 3.06. The van der Waals surface area contributed by atoms with E-state index in [0.29, 0.717) is 6.54 Å². The lowest BCUT2D eigenvalue weighted by atomic mass is 10.0. The van der Waals surface area contributed by atoms with Crippen molar-refractivity contribution in [3.8, 4) is 0 Å². The Hall–Kier alpha value is -1.62. The number of hydrogen-bond donors (Lipinski definition) is 1. The van der Waals surface area contributed by atoms with E-state index in [1.54, 1.807) is 18.4 Å². The Morgan fingerprint density at radius 2 is 2.32 bits per heavy atom. The van der Waals surface area contributed by atoms with E-state index >= 15 is 0 Å². The molecule has 1 aromatic heterocycles. The molecule has 0 unspecified atom stereocenters. The van der Waals surface area contributed by atoms with Crippen LogP contribution in [0.3, 0.4) is 0 Å². The molecule has 0 spiro atoms. The van der Waals surface area contributed by atoms with Crippen LogP contribution in [-0.4, -0.2) is 28.5 Å². The SMILES string of the molecule is CCc1cc2c(s1)[N+](O)=C1CCC(OC)=CC1=NC2. The Morgan fingerprint density at radius 3 is 3.05 bits per heavy atom.